The number of hydrogen-bond acceptors (Lipinski definition) is 3. The minimum absolute atomic E-state index is 0.382. The van der Waals surface area contributed by atoms with E-state index in [1.807, 2.05) is 6.92 Å². The van der Waals surface area contributed by atoms with Crippen molar-refractivity contribution in [1.82, 2.24) is 4.72 Å². The summed E-state index contributed by atoms with van der Waals surface area (Å²) in [6.45, 7) is 5.41. The quantitative estimate of drug-likeness (QED) is 0.844. The van der Waals surface area contributed by atoms with E-state index in [1.165, 1.54) is 0 Å². The number of sulfonamides is 1. The van der Waals surface area contributed by atoms with Gasteiger partial charge in [-0.2, -0.15) is 0 Å². The molecule has 0 heterocycles. The third-order valence-electron chi connectivity index (χ3n) is 3.72. The van der Waals surface area contributed by atoms with E-state index < -0.39 is 15.4 Å². The first-order valence-corrected chi connectivity index (χ1v) is 7.90. The van der Waals surface area contributed by atoms with Crippen molar-refractivity contribution in [1.29, 1.82) is 0 Å². The zero-order chi connectivity index (χ0) is 13.1. The maximum atomic E-state index is 12.0. The molecule has 0 spiro atoms. The van der Waals surface area contributed by atoms with Gasteiger partial charge in [0.1, 0.15) is 0 Å². The average Bonchev–Trinajstić information content (AvgIpc) is 2.29. The van der Waals surface area contributed by atoms with Crippen LogP contribution in [0, 0.1) is 5.41 Å². The molecule has 1 saturated carbocycles. The number of nitrogens with one attached hydrogen (secondary N) is 1. The van der Waals surface area contributed by atoms with Gasteiger partial charge in [0.05, 0.1) is 5.25 Å². The van der Waals surface area contributed by atoms with E-state index in [2.05, 4.69) is 4.72 Å². The molecule has 100 valence electrons. The second-order valence-electron chi connectivity index (χ2n) is 5.47. The third kappa shape index (κ3) is 3.69. The summed E-state index contributed by atoms with van der Waals surface area (Å²) in [7, 11) is -3.48. The second-order valence-corrected chi connectivity index (χ2v) is 7.43. The van der Waals surface area contributed by atoms with Gasteiger partial charge in [0.15, 0.2) is 0 Å². The number of amides is 1. The SMILES string of the molecule is CCC(C)(C)C(=O)NS(=O)(=O)C1CCCCC1. The van der Waals surface area contributed by atoms with Crippen molar-refractivity contribution in [3.05, 3.63) is 0 Å². The minimum atomic E-state index is -3.48. The van der Waals surface area contributed by atoms with Crippen LogP contribution in [0.25, 0.3) is 0 Å². The third-order valence-corrected chi connectivity index (χ3v) is 5.54. The van der Waals surface area contributed by atoms with E-state index in [1.54, 1.807) is 13.8 Å². The maximum absolute atomic E-state index is 12.0. The van der Waals surface area contributed by atoms with Crippen molar-refractivity contribution < 1.29 is 13.2 Å². The molecule has 0 unspecified atom stereocenters. The van der Waals surface area contributed by atoms with Gasteiger partial charge >= 0.3 is 0 Å². The summed E-state index contributed by atoms with van der Waals surface area (Å²) < 4.78 is 26.3. The Morgan fingerprint density at radius 2 is 1.76 bits per heavy atom. The molecule has 17 heavy (non-hydrogen) atoms. The molecule has 0 aromatic carbocycles. The Kier molecular flexibility index (Phi) is 4.58. The summed E-state index contributed by atoms with van der Waals surface area (Å²) in [6.07, 6.45) is 4.96. The van der Waals surface area contributed by atoms with E-state index in [-0.39, 0.29) is 11.2 Å². The molecule has 1 aliphatic carbocycles. The van der Waals surface area contributed by atoms with Crippen molar-refractivity contribution in [3.63, 3.8) is 0 Å². The summed E-state index contributed by atoms with van der Waals surface area (Å²) in [5.41, 5.74) is -0.623. The molecule has 4 nitrogen and oxygen atoms in total. The molecule has 5 heteroatoms. The molecule has 1 amide bonds. The Balaban J connectivity index is 2.69. The highest BCUT2D eigenvalue weighted by molar-refractivity contribution is 7.90. The van der Waals surface area contributed by atoms with Crippen LogP contribution in [0.5, 0.6) is 0 Å². The lowest BCUT2D eigenvalue weighted by Crippen LogP contribution is -2.44. The van der Waals surface area contributed by atoms with Gasteiger partial charge in [0, 0.05) is 5.41 Å². The first-order chi connectivity index (χ1) is 7.79. The van der Waals surface area contributed by atoms with Crippen LogP contribution in [0.1, 0.15) is 59.3 Å². The summed E-state index contributed by atoms with van der Waals surface area (Å²) >= 11 is 0. The van der Waals surface area contributed by atoms with E-state index in [4.69, 9.17) is 0 Å². The fourth-order valence-corrected chi connectivity index (χ4v) is 3.54. The molecule has 0 radical (unpaired) electrons. The lowest BCUT2D eigenvalue weighted by atomic mass is 9.90. The molecule has 0 saturated heterocycles. The molecule has 1 rings (SSSR count). The maximum Gasteiger partial charge on any atom is 0.239 e. The summed E-state index contributed by atoms with van der Waals surface area (Å²) in [5.74, 6) is -0.384. The van der Waals surface area contributed by atoms with E-state index in [0.29, 0.717) is 19.3 Å². The van der Waals surface area contributed by atoms with E-state index in [9.17, 15) is 13.2 Å². The van der Waals surface area contributed by atoms with Crippen LogP contribution in [0.3, 0.4) is 0 Å². The fraction of sp³-hybridized carbons (Fsp3) is 0.917. The zero-order valence-electron chi connectivity index (χ0n) is 11.0. The monoisotopic (exact) mass is 261 g/mol. The first kappa shape index (κ1) is 14.5. The number of rotatable bonds is 4. The molecule has 1 aliphatic rings. The van der Waals surface area contributed by atoms with Gasteiger partial charge in [-0.15, -0.1) is 0 Å². The molecular weight excluding hydrogens is 238 g/mol. The molecule has 0 aromatic heterocycles. The topological polar surface area (TPSA) is 63.2 Å². The summed E-state index contributed by atoms with van der Waals surface area (Å²) in [6, 6.07) is 0. The number of hydrogen-bond donors (Lipinski definition) is 1. The fourth-order valence-electron chi connectivity index (χ4n) is 1.89. The number of carbonyl (C=O) groups excluding carboxylic acids is 1. The van der Waals surface area contributed by atoms with Gasteiger partial charge in [-0.3, -0.25) is 9.52 Å². The van der Waals surface area contributed by atoms with Gasteiger partial charge in [-0.25, -0.2) is 8.42 Å². The summed E-state index contributed by atoms with van der Waals surface area (Å²) in [5, 5.41) is -0.382. The Morgan fingerprint density at radius 1 is 1.24 bits per heavy atom. The Hall–Kier alpha value is -0.580. The summed E-state index contributed by atoms with van der Waals surface area (Å²) in [4.78, 5) is 11.9. The Labute approximate surface area is 104 Å². The Morgan fingerprint density at radius 3 is 2.24 bits per heavy atom. The predicted molar refractivity (Wildman–Crippen MR) is 68.0 cm³/mol. The zero-order valence-corrected chi connectivity index (χ0v) is 11.8. The lowest BCUT2D eigenvalue weighted by Gasteiger charge is -2.26. The van der Waals surface area contributed by atoms with Crippen molar-refractivity contribution in [2.24, 2.45) is 5.41 Å². The minimum Gasteiger partial charge on any atom is -0.273 e. The van der Waals surface area contributed by atoms with Crippen LogP contribution < -0.4 is 4.72 Å². The van der Waals surface area contributed by atoms with E-state index in [0.717, 1.165) is 19.3 Å². The molecule has 0 aromatic rings. The highest BCUT2D eigenvalue weighted by Crippen LogP contribution is 2.25. The molecule has 1 fully saturated rings. The first-order valence-electron chi connectivity index (χ1n) is 6.35. The van der Waals surface area contributed by atoms with Crippen molar-refractivity contribution in [3.8, 4) is 0 Å². The van der Waals surface area contributed by atoms with Crippen LogP contribution in [-0.2, 0) is 14.8 Å². The molecule has 0 aliphatic heterocycles. The van der Waals surface area contributed by atoms with Gasteiger partial charge in [-0.05, 0) is 19.3 Å². The van der Waals surface area contributed by atoms with Gasteiger partial charge in [0.25, 0.3) is 0 Å². The second kappa shape index (κ2) is 5.38. The Bertz CT molecular complexity index is 367. The van der Waals surface area contributed by atoms with Crippen LogP contribution in [0.4, 0.5) is 0 Å². The predicted octanol–water partition coefficient (Wildman–Crippen LogP) is 2.20. The molecular formula is C12H23NO3S. The standard InChI is InChI=1S/C12H23NO3S/c1-4-12(2,3)11(14)13-17(15,16)10-8-6-5-7-9-10/h10H,4-9H2,1-3H3,(H,13,14). The highest BCUT2D eigenvalue weighted by Gasteiger charge is 2.33. The van der Waals surface area contributed by atoms with Crippen LogP contribution in [0.2, 0.25) is 0 Å². The molecule has 0 bridgehead atoms. The van der Waals surface area contributed by atoms with Crippen molar-refractivity contribution in [2.75, 3.05) is 0 Å². The van der Waals surface area contributed by atoms with Gasteiger partial charge in [-0.1, -0.05) is 40.0 Å². The van der Waals surface area contributed by atoms with Crippen LogP contribution >= 0.6 is 0 Å². The highest BCUT2D eigenvalue weighted by atomic mass is 32.2. The van der Waals surface area contributed by atoms with Crippen LogP contribution in [0.15, 0.2) is 0 Å². The average molecular weight is 261 g/mol. The largest absolute Gasteiger partial charge is 0.273 e. The lowest BCUT2D eigenvalue weighted by molar-refractivity contribution is -0.127. The van der Waals surface area contributed by atoms with E-state index >= 15 is 0 Å². The number of carbonyl (C=O) groups is 1. The smallest absolute Gasteiger partial charge is 0.239 e. The molecule has 1 N–H and O–H groups in total. The normalized spacial score (nSPS) is 19.0. The van der Waals surface area contributed by atoms with Gasteiger partial charge in [0.2, 0.25) is 15.9 Å². The van der Waals surface area contributed by atoms with Crippen molar-refractivity contribution in [2.45, 2.75) is 64.5 Å². The van der Waals surface area contributed by atoms with Crippen LogP contribution in [-0.4, -0.2) is 19.6 Å². The van der Waals surface area contributed by atoms with Gasteiger partial charge < -0.3 is 0 Å². The molecule has 0 atom stereocenters. The van der Waals surface area contributed by atoms with Crippen molar-refractivity contribution >= 4 is 15.9 Å².